The number of carbonyl (C=O) groups excluding carboxylic acids is 2. The fraction of sp³-hybridized carbons (Fsp3) is 0.250. The van der Waals surface area contributed by atoms with Gasteiger partial charge in [0.2, 0.25) is 0 Å². The zero-order valence-electron chi connectivity index (χ0n) is 19.6. The van der Waals surface area contributed by atoms with Crippen LogP contribution in [0.15, 0.2) is 54.9 Å². The van der Waals surface area contributed by atoms with Crippen LogP contribution in [0.4, 0.5) is 8.78 Å². The number of nitrogens with zero attached hydrogens (tertiary/aromatic N) is 2. The molecule has 0 atom stereocenters. The number of thiophene rings is 1. The van der Waals surface area contributed by atoms with Crippen LogP contribution in [0.2, 0.25) is 5.02 Å². The van der Waals surface area contributed by atoms with Gasteiger partial charge in [0.25, 0.3) is 5.91 Å². The minimum atomic E-state index is -0.664. The molecule has 0 bridgehead atoms. The number of Topliss-reactive ketones (excluding diaryl/α,β-unsaturated/α-hetero) is 1. The molecule has 0 unspecified atom stereocenters. The normalized spacial score (nSPS) is 14.4. The van der Waals surface area contributed by atoms with Gasteiger partial charge in [-0.25, -0.2) is 8.78 Å². The summed E-state index contributed by atoms with van der Waals surface area (Å²) in [4.78, 5) is 31.7. The number of fused-ring (bicyclic) bond motifs is 1. The highest BCUT2D eigenvalue weighted by Gasteiger charge is 2.32. The van der Waals surface area contributed by atoms with E-state index in [0.717, 1.165) is 45.7 Å². The number of carbonyl (C=O) groups is 2. The molecule has 1 amide bonds. The molecule has 0 saturated heterocycles. The molecule has 2 aromatic carbocycles. The zero-order chi connectivity index (χ0) is 25.4. The molecule has 1 saturated carbocycles. The van der Waals surface area contributed by atoms with Gasteiger partial charge in [0.15, 0.2) is 0 Å². The van der Waals surface area contributed by atoms with Crippen molar-refractivity contribution in [3.8, 4) is 11.1 Å². The maximum atomic E-state index is 14.5. The molecular formula is C28H23ClF2N2O2S. The van der Waals surface area contributed by atoms with Gasteiger partial charge in [-0.2, -0.15) is 0 Å². The van der Waals surface area contributed by atoms with Crippen molar-refractivity contribution in [2.45, 2.75) is 45.2 Å². The highest BCUT2D eigenvalue weighted by Crippen LogP contribution is 2.40. The van der Waals surface area contributed by atoms with E-state index >= 15 is 0 Å². The second kappa shape index (κ2) is 10.1. The number of aromatic nitrogens is 1. The van der Waals surface area contributed by atoms with Gasteiger partial charge in [-0.1, -0.05) is 23.7 Å². The monoisotopic (exact) mass is 524 g/mol. The van der Waals surface area contributed by atoms with E-state index in [4.69, 9.17) is 11.6 Å². The van der Waals surface area contributed by atoms with Crippen LogP contribution in [0.5, 0.6) is 0 Å². The molecule has 4 aromatic rings. The molecule has 8 heteroatoms. The summed E-state index contributed by atoms with van der Waals surface area (Å²) in [5.41, 5.74) is 3.96. The molecule has 2 aromatic heterocycles. The molecule has 4 nitrogen and oxygen atoms in total. The Hall–Kier alpha value is -3.16. The van der Waals surface area contributed by atoms with Crippen molar-refractivity contribution in [1.29, 1.82) is 0 Å². The van der Waals surface area contributed by atoms with E-state index in [1.54, 1.807) is 17.3 Å². The molecule has 1 aliphatic rings. The topological polar surface area (TPSA) is 50.3 Å². The van der Waals surface area contributed by atoms with Crippen LogP contribution in [0.1, 0.15) is 46.5 Å². The highest BCUT2D eigenvalue weighted by atomic mass is 35.5. The van der Waals surface area contributed by atoms with E-state index < -0.39 is 11.6 Å². The third-order valence-corrected chi connectivity index (χ3v) is 8.47. The average molecular weight is 525 g/mol. The Morgan fingerprint density at radius 3 is 2.44 bits per heavy atom. The Bertz CT molecular complexity index is 1460. The zero-order valence-corrected chi connectivity index (χ0v) is 21.1. The lowest BCUT2D eigenvalue weighted by atomic mass is 9.92. The Labute approximate surface area is 216 Å². The first kappa shape index (κ1) is 24.5. The van der Waals surface area contributed by atoms with Crippen molar-refractivity contribution in [1.82, 2.24) is 9.88 Å². The molecule has 1 aliphatic carbocycles. The second-order valence-corrected chi connectivity index (χ2v) is 10.5. The van der Waals surface area contributed by atoms with Crippen LogP contribution >= 0.6 is 22.9 Å². The third kappa shape index (κ3) is 4.65. The van der Waals surface area contributed by atoms with Crippen LogP contribution in [-0.4, -0.2) is 27.6 Å². The van der Waals surface area contributed by atoms with Crippen molar-refractivity contribution in [3.05, 3.63) is 87.5 Å². The first-order chi connectivity index (χ1) is 17.3. The molecule has 5 rings (SSSR count). The molecule has 0 aliphatic heterocycles. The van der Waals surface area contributed by atoms with Crippen LogP contribution in [0.25, 0.3) is 21.2 Å². The number of ketones is 1. The smallest absolute Gasteiger partial charge is 0.266 e. The Balaban J connectivity index is 1.56. The standard InChI is InChI=1S/C28H23ClF2N2O2S/c1-16-2-3-18(17-10-12-32-13-11-17)14-19(16)15-33(20-4-6-21(34)7-5-20)28(35)27-25(29)24-22(30)8-9-23(31)26(24)36-27/h2-3,8-14,20H,4-7,15H2,1H3. The second-order valence-electron chi connectivity index (χ2n) is 9.06. The van der Waals surface area contributed by atoms with Crippen molar-refractivity contribution < 1.29 is 18.4 Å². The molecule has 184 valence electrons. The Morgan fingerprint density at radius 2 is 1.75 bits per heavy atom. The van der Waals surface area contributed by atoms with Crippen molar-refractivity contribution in [2.24, 2.45) is 0 Å². The van der Waals surface area contributed by atoms with Gasteiger partial charge in [0, 0.05) is 37.8 Å². The van der Waals surface area contributed by atoms with Gasteiger partial charge in [0.1, 0.15) is 22.3 Å². The van der Waals surface area contributed by atoms with E-state index in [0.29, 0.717) is 25.7 Å². The summed E-state index contributed by atoms with van der Waals surface area (Å²) in [5, 5.41) is -0.143. The number of halogens is 3. The lowest BCUT2D eigenvalue weighted by molar-refractivity contribution is -0.121. The van der Waals surface area contributed by atoms with Crippen LogP contribution in [0.3, 0.4) is 0 Å². The van der Waals surface area contributed by atoms with Gasteiger partial charge in [-0.05, 0) is 72.4 Å². The molecule has 0 radical (unpaired) electrons. The van der Waals surface area contributed by atoms with Gasteiger partial charge >= 0.3 is 0 Å². The van der Waals surface area contributed by atoms with Crippen molar-refractivity contribution in [2.75, 3.05) is 0 Å². The largest absolute Gasteiger partial charge is 0.331 e. The number of benzene rings is 2. The molecule has 0 N–H and O–H groups in total. The highest BCUT2D eigenvalue weighted by molar-refractivity contribution is 7.21. The molecule has 1 fully saturated rings. The SMILES string of the molecule is Cc1ccc(-c2ccncc2)cc1CN(C(=O)c1sc2c(F)ccc(F)c2c1Cl)C1CCC(=O)CC1. The molecule has 36 heavy (non-hydrogen) atoms. The summed E-state index contributed by atoms with van der Waals surface area (Å²) in [6.45, 7) is 2.27. The summed E-state index contributed by atoms with van der Waals surface area (Å²) < 4.78 is 29.0. The van der Waals surface area contributed by atoms with Gasteiger partial charge in [-0.3, -0.25) is 14.6 Å². The van der Waals surface area contributed by atoms with Crippen LogP contribution in [-0.2, 0) is 11.3 Å². The lowest BCUT2D eigenvalue weighted by Gasteiger charge is -2.34. The van der Waals surface area contributed by atoms with E-state index in [1.807, 2.05) is 37.3 Å². The number of hydrogen-bond donors (Lipinski definition) is 0. The molecule has 2 heterocycles. The number of hydrogen-bond acceptors (Lipinski definition) is 4. The number of pyridine rings is 1. The minimum Gasteiger partial charge on any atom is -0.331 e. The molecule has 0 spiro atoms. The van der Waals surface area contributed by atoms with Gasteiger partial charge in [-0.15, -0.1) is 11.3 Å². The van der Waals surface area contributed by atoms with Gasteiger partial charge < -0.3 is 4.90 Å². The minimum absolute atomic E-state index is 0.0259. The molecular weight excluding hydrogens is 502 g/mol. The van der Waals surface area contributed by atoms with E-state index in [-0.39, 0.29) is 44.3 Å². The fourth-order valence-corrected chi connectivity index (χ4v) is 6.22. The number of rotatable bonds is 5. The fourth-order valence-electron chi connectivity index (χ4n) is 4.72. The quantitative estimate of drug-likeness (QED) is 0.274. The maximum Gasteiger partial charge on any atom is 0.266 e. The van der Waals surface area contributed by atoms with E-state index in [9.17, 15) is 18.4 Å². The predicted octanol–water partition coefficient (Wildman–Crippen LogP) is 7.36. The first-order valence-electron chi connectivity index (χ1n) is 11.7. The summed E-state index contributed by atoms with van der Waals surface area (Å²) in [5.74, 6) is -1.48. The lowest BCUT2D eigenvalue weighted by Crippen LogP contribution is -2.42. The summed E-state index contributed by atoms with van der Waals surface area (Å²) in [6.07, 6.45) is 5.33. The third-order valence-electron chi connectivity index (χ3n) is 6.79. The average Bonchev–Trinajstić information content (AvgIpc) is 3.25. The Kier molecular flexibility index (Phi) is 6.86. The Morgan fingerprint density at radius 1 is 1.06 bits per heavy atom. The van der Waals surface area contributed by atoms with Crippen LogP contribution < -0.4 is 0 Å². The predicted molar refractivity (Wildman–Crippen MR) is 138 cm³/mol. The van der Waals surface area contributed by atoms with E-state index in [1.165, 1.54) is 0 Å². The summed E-state index contributed by atoms with van der Waals surface area (Å²) in [6, 6.07) is 11.8. The number of amides is 1. The summed E-state index contributed by atoms with van der Waals surface area (Å²) >= 11 is 7.34. The van der Waals surface area contributed by atoms with Gasteiger partial charge in [0.05, 0.1) is 15.1 Å². The number of aryl methyl sites for hydroxylation is 1. The van der Waals surface area contributed by atoms with Crippen molar-refractivity contribution >= 4 is 44.7 Å². The maximum absolute atomic E-state index is 14.5. The van der Waals surface area contributed by atoms with E-state index in [2.05, 4.69) is 4.98 Å². The first-order valence-corrected chi connectivity index (χ1v) is 12.9. The summed E-state index contributed by atoms with van der Waals surface area (Å²) in [7, 11) is 0. The van der Waals surface area contributed by atoms with Crippen molar-refractivity contribution in [3.63, 3.8) is 0 Å². The van der Waals surface area contributed by atoms with Crippen LogP contribution in [0, 0.1) is 18.6 Å².